The molecule has 2 bridgehead atoms. The smallest absolute Gasteiger partial charge is 0.329 e. The van der Waals surface area contributed by atoms with Gasteiger partial charge in [0.2, 0.25) is 11.8 Å². The van der Waals surface area contributed by atoms with Crippen molar-refractivity contribution < 1.29 is 23.9 Å². The molecule has 0 aromatic heterocycles. The summed E-state index contributed by atoms with van der Waals surface area (Å²) in [7, 11) is 0. The minimum absolute atomic E-state index is 0.244. The quantitative estimate of drug-likeness (QED) is 0.401. The molecule has 3 atom stereocenters. The average molecular weight is 509 g/mol. The van der Waals surface area contributed by atoms with Crippen molar-refractivity contribution in [1.29, 1.82) is 0 Å². The van der Waals surface area contributed by atoms with Crippen LogP contribution >= 0.6 is 0 Å². The number of ether oxygens (including phenoxy) is 1. The molecule has 3 amide bonds. The third-order valence-corrected chi connectivity index (χ3v) is 8.23. The topological polar surface area (TPSA) is 92.8 Å². The Morgan fingerprint density at radius 3 is 1.79 bits per heavy atom. The van der Waals surface area contributed by atoms with Crippen molar-refractivity contribution in [3.8, 4) is 0 Å². The lowest BCUT2D eigenvalue weighted by Gasteiger charge is -2.45. The highest BCUT2D eigenvalue weighted by molar-refractivity contribution is 6.10. The van der Waals surface area contributed by atoms with Crippen molar-refractivity contribution in [2.24, 2.45) is 11.8 Å². The number of carbonyl (C=O) groups is 4. The number of amides is 3. The molecular weight excluding hydrogens is 480 g/mol. The van der Waals surface area contributed by atoms with Gasteiger partial charge in [0.15, 0.2) is 6.61 Å². The number of hydrogen-bond acceptors (Lipinski definition) is 5. The Bertz CT molecular complexity index is 1360. The summed E-state index contributed by atoms with van der Waals surface area (Å²) < 4.78 is 5.27. The number of likely N-dealkylation sites (tertiary alicyclic amines) is 1. The van der Waals surface area contributed by atoms with Gasteiger partial charge >= 0.3 is 5.97 Å². The lowest BCUT2D eigenvalue weighted by atomic mass is 9.55. The number of nitrogens with zero attached hydrogens (tertiary/aromatic N) is 1. The van der Waals surface area contributed by atoms with Crippen LogP contribution in [0.25, 0.3) is 0 Å². The van der Waals surface area contributed by atoms with E-state index >= 15 is 0 Å². The van der Waals surface area contributed by atoms with Gasteiger partial charge in [-0.05, 0) is 47.2 Å². The van der Waals surface area contributed by atoms with E-state index in [-0.39, 0.29) is 23.7 Å². The highest BCUT2D eigenvalue weighted by atomic mass is 16.5. The number of nitrogens with one attached hydrogen (secondary N) is 1. The SMILES string of the molecule is CCc1ccccc1NC(=O)COC(=O)[C@H](C)N1C(=O)[C@H]2C3c4ccccc4C(c4ccccc43)[C@@H]2C1=O. The van der Waals surface area contributed by atoms with Crippen LogP contribution in [0.3, 0.4) is 0 Å². The van der Waals surface area contributed by atoms with Crippen LogP contribution in [0.1, 0.15) is 53.5 Å². The van der Waals surface area contributed by atoms with Crippen LogP contribution in [0.15, 0.2) is 72.8 Å². The summed E-state index contributed by atoms with van der Waals surface area (Å²) in [6, 6.07) is 22.2. The Labute approximate surface area is 220 Å². The van der Waals surface area contributed by atoms with Gasteiger partial charge in [-0.3, -0.25) is 19.3 Å². The normalized spacial score (nSPS) is 23.4. The summed E-state index contributed by atoms with van der Waals surface area (Å²) >= 11 is 0. The first-order valence-corrected chi connectivity index (χ1v) is 13.0. The molecule has 4 aliphatic rings. The van der Waals surface area contributed by atoms with Crippen LogP contribution in [0.2, 0.25) is 0 Å². The van der Waals surface area contributed by atoms with Crippen LogP contribution in [0, 0.1) is 11.8 Å². The zero-order valence-corrected chi connectivity index (χ0v) is 21.2. The predicted molar refractivity (Wildman–Crippen MR) is 140 cm³/mol. The second-order valence-electron chi connectivity index (χ2n) is 10.2. The first kappa shape index (κ1) is 24.1. The predicted octanol–water partition coefficient (Wildman–Crippen LogP) is 4.01. The van der Waals surface area contributed by atoms with Gasteiger partial charge in [-0.2, -0.15) is 0 Å². The molecule has 192 valence electrons. The first-order chi connectivity index (χ1) is 18.4. The Morgan fingerprint density at radius 2 is 1.29 bits per heavy atom. The summed E-state index contributed by atoms with van der Waals surface area (Å²) in [5.41, 5.74) is 5.90. The van der Waals surface area contributed by atoms with E-state index in [0.717, 1.165) is 39.1 Å². The second kappa shape index (κ2) is 9.24. The monoisotopic (exact) mass is 508 g/mol. The fourth-order valence-electron chi connectivity index (χ4n) is 6.58. The van der Waals surface area contributed by atoms with Crippen LogP contribution in [-0.2, 0) is 30.3 Å². The molecule has 38 heavy (non-hydrogen) atoms. The highest BCUT2D eigenvalue weighted by Gasteiger charge is 2.62. The Morgan fingerprint density at radius 1 is 0.816 bits per heavy atom. The zero-order valence-electron chi connectivity index (χ0n) is 21.2. The van der Waals surface area contributed by atoms with Crippen molar-refractivity contribution >= 4 is 29.4 Å². The van der Waals surface area contributed by atoms with Gasteiger partial charge in [0, 0.05) is 17.5 Å². The molecule has 3 aliphatic carbocycles. The van der Waals surface area contributed by atoms with E-state index < -0.39 is 36.4 Å². The number of hydrogen-bond donors (Lipinski definition) is 1. The molecule has 3 aromatic carbocycles. The summed E-state index contributed by atoms with van der Waals surface area (Å²) in [6.45, 7) is 2.96. The molecule has 7 rings (SSSR count). The van der Waals surface area contributed by atoms with Gasteiger partial charge in [0.25, 0.3) is 5.91 Å². The zero-order chi connectivity index (χ0) is 26.6. The molecular formula is C31H28N2O5. The van der Waals surface area contributed by atoms with Crippen LogP contribution in [0.5, 0.6) is 0 Å². The molecule has 1 heterocycles. The molecule has 0 spiro atoms. The number of esters is 1. The number of aryl methyl sites for hydroxylation is 1. The number of rotatable bonds is 6. The second-order valence-corrected chi connectivity index (χ2v) is 10.2. The molecule has 0 unspecified atom stereocenters. The third-order valence-electron chi connectivity index (χ3n) is 8.23. The summed E-state index contributed by atoms with van der Waals surface area (Å²) in [6.07, 6.45) is 0.741. The van der Waals surface area contributed by atoms with Crippen molar-refractivity contribution in [3.63, 3.8) is 0 Å². The maximum absolute atomic E-state index is 13.8. The van der Waals surface area contributed by atoms with E-state index in [2.05, 4.69) is 5.32 Å². The number of benzene rings is 3. The lowest BCUT2D eigenvalue weighted by Crippen LogP contribution is -2.45. The van der Waals surface area contributed by atoms with Crippen molar-refractivity contribution in [1.82, 2.24) is 4.90 Å². The van der Waals surface area contributed by atoms with Crippen molar-refractivity contribution in [3.05, 3.63) is 101 Å². The molecule has 0 radical (unpaired) electrons. The van der Waals surface area contributed by atoms with Crippen molar-refractivity contribution in [2.75, 3.05) is 11.9 Å². The van der Waals surface area contributed by atoms with Crippen LogP contribution in [-0.4, -0.2) is 41.2 Å². The van der Waals surface area contributed by atoms with E-state index in [0.29, 0.717) is 5.69 Å². The molecule has 1 fully saturated rings. The molecule has 0 saturated carbocycles. The highest BCUT2D eigenvalue weighted by Crippen LogP contribution is 2.61. The Hall–Kier alpha value is -4.26. The maximum atomic E-state index is 13.8. The number of carbonyl (C=O) groups excluding carboxylic acids is 4. The molecule has 7 nitrogen and oxygen atoms in total. The lowest BCUT2D eigenvalue weighted by molar-refractivity contribution is -0.159. The van der Waals surface area contributed by atoms with Gasteiger partial charge in [0.05, 0.1) is 11.8 Å². The molecule has 1 saturated heterocycles. The van der Waals surface area contributed by atoms with Crippen LogP contribution in [0.4, 0.5) is 5.69 Å². The number of para-hydroxylation sites is 1. The van der Waals surface area contributed by atoms with E-state index in [1.807, 2.05) is 73.7 Å². The van der Waals surface area contributed by atoms with Gasteiger partial charge in [-0.25, -0.2) is 4.79 Å². The largest absolute Gasteiger partial charge is 0.454 e. The summed E-state index contributed by atoms with van der Waals surface area (Å²) in [4.78, 5) is 54.1. The average Bonchev–Trinajstić information content (AvgIpc) is 3.21. The molecule has 7 heteroatoms. The third kappa shape index (κ3) is 3.56. The maximum Gasteiger partial charge on any atom is 0.329 e. The standard InChI is InChI=1S/C31H28N2O5/c1-3-18-10-4-9-15-23(18)32-24(34)16-38-31(37)17(2)33-29(35)27-25-19-11-5-6-12-20(19)26(28(27)30(33)36)22-14-8-7-13-21(22)25/h4-15,17,25-28H,3,16H2,1-2H3,(H,32,34)/t17-,25?,26?,27-,28-/m0/s1. The number of anilines is 1. The Kier molecular flexibility index (Phi) is 5.86. The fraction of sp³-hybridized carbons (Fsp3) is 0.290. The van der Waals surface area contributed by atoms with Gasteiger partial charge in [0.1, 0.15) is 6.04 Å². The molecule has 1 N–H and O–H groups in total. The minimum Gasteiger partial charge on any atom is -0.454 e. The van der Waals surface area contributed by atoms with E-state index in [1.54, 1.807) is 6.07 Å². The summed E-state index contributed by atoms with van der Waals surface area (Å²) in [5.74, 6) is -3.61. The summed E-state index contributed by atoms with van der Waals surface area (Å²) in [5, 5.41) is 2.76. The fourth-order valence-corrected chi connectivity index (χ4v) is 6.58. The van der Waals surface area contributed by atoms with Crippen molar-refractivity contribution in [2.45, 2.75) is 38.1 Å². The first-order valence-electron chi connectivity index (χ1n) is 13.0. The van der Waals surface area contributed by atoms with Crippen LogP contribution < -0.4 is 5.32 Å². The van der Waals surface area contributed by atoms with E-state index in [9.17, 15) is 19.2 Å². The van der Waals surface area contributed by atoms with Gasteiger partial charge < -0.3 is 10.1 Å². The van der Waals surface area contributed by atoms with Gasteiger partial charge in [-0.1, -0.05) is 73.7 Å². The van der Waals surface area contributed by atoms with Gasteiger partial charge in [-0.15, -0.1) is 0 Å². The van der Waals surface area contributed by atoms with E-state index in [1.165, 1.54) is 6.92 Å². The minimum atomic E-state index is -1.14. The Balaban J connectivity index is 1.21. The number of imide groups is 1. The van der Waals surface area contributed by atoms with E-state index in [4.69, 9.17) is 4.74 Å². The molecule has 1 aliphatic heterocycles. The molecule has 3 aromatic rings.